The molecule has 0 radical (unpaired) electrons. The van der Waals surface area contributed by atoms with Gasteiger partial charge in [-0.05, 0) is 42.3 Å². The van der Waals surface area contributed by atoms with Gasteiger partial charge in [-0.2, -0.15) is 4.98 Å². The monoisotopic (exact) mass is 417 g/mol. The zero-order valence-electron chi connectivity index (χ0n) is 18.0. The number of hydrogen-bond donors (Lipinski definition) is 0. The molecule has 31 heavy (non-hydrogen) atoms. The average Bonchev–Trinajstić information content (AvgIpc) is 3.20. The standard InChI is InChI=1S/C25H24FN3O2/c1-16-5-7-18(8-6-16)25(3,4)19-9-11-20(12-10-19)30-15-23-21(26)13-14-22(28-23)24-27-17(2)31-29-24/h5-14H,15H2,1-4H3. The Morgan fingerprint density at radius 1 is 0.871 bits per heavy atom. The molecule has 0 aliphatic heterocycles. The van der Waals surface area contributed by atoms with Crippen molar-refractivity contribution in [1.29, 1.82) is 0 Å². The third-order valence-electron chi connectivity index (χ3n) is 5.40. The lowest BCUT2D eigenvalue weighted by atomic mass is 9.78. The fourth-order valence-electron chi connectivity index (χ4n) is 3.37. The van der Waals surface area contributed by atoms with Gasteiger partial charge in [-0.15, -0.1) is 0 Å². The predicted octanol–water partition coefficient (Wildman–Crippen LogP) is 5.79. The molecule has 2 heterocycles. The number of benzene rings is 2. The van der Waals surface area contributed by atoms with E-state index in [-0.39, 0.29) is 17.7 Å². The predicted molar refractivity (Wildman–Crippen MR) is 116 cm³/mol. The molecular formula is C25H24FN3O2. The van der Waals surface area contributed by atoms with Crippen LogP contribution in [0.15, 0.2) is 65.2 Å². The SMILES string of the molecule is Cc1ccc(C(C)(C)c2ccc(OCc3nc(-c4noc(C)n4)ccc3F)cc2)cc1. The summed E-state index contributed by atoms with van der Waals surface area (Å²) in [5.41, 5.74) is 4.13. The molecule has 0 fully saturated rings. The molecule has 0 spiro atoms. The summed E-state index contributed by atoms with van der Waals surface area (Å²) in [7, 11) is 0. The van der Waals surface area contributed by atoms with Crippen molar-refractivity contribution < 1.29 is 13.7 Å². The van der Waals surface area contributed by atoms with Gasteiger partial charge in [0.05, 0.1) is 0 Å². The van der Waals surface area contributed by atoms with E-state index in [9.17, 15) is 4.39 Å². The highest BCUT2D eigenvalue weighted by molar-refractivity contribution is 5.48. The van der Waals surface area contributed by atoms with Gasteiger partial charge in [0.25, 0.3) is 0 Å². The van der Waals surface area contributed by atoms with Crippen molar-refractivity contribution >= 4 is 0 Å². The van der Waals surface area contributed by atoms with Crippen molar-refractivity contribution in [3.05, 3.63) is 94.8 Å². The van der Waals surface area contributed by atoms with Crippen LogP contribution in [0.4, 0.5) is 4.39 Å². The van der Waals surface area contributed by atoms with E-state index in [1.54, 1.807) is 6.92 Å². The topological polar surface area (TPSA) is 61.0 Å². The van der Waals surface area contributed by atoms with E-state index in [0.717, 1.165) is 0 Å². The lowest BCUT2D eigenvalue weighted by Gasteiger charge is -2.26. The van der Waals surface area contributed by atoms with Gasteiger partial charge in [0.1, 0.15) is 29.6 Å². The quantitative estimate of drug-likeness (QED) is 0.397. The Bertz CT molecular complexity index is 1180. The molecule has 6 heteroatoms. The van der Waals surface area contributed by atoms with Gasteiger partial charge in [-0.1, -0.05) is 61.0 Å². The largest absolute Gasteiger partial charge is 0.487 e. The van der Waals surface area contributed by atoms with E-state index in [0.29, 0.717) is 23.2 Å². The Balaban J connectivity index is 1.48. The van der Waals surface area contributed by atoms with Crippen LogP contribution < -0.4 is 4.74 Å². The van der Waals surface area contributed by atoms with Gasteiger partial charge in [-0.25, -0.2) is 9.37 Å². The van der Waals surface area contributed by atoms with Crippen molar-refractivity contribution in [2.45, 2.75) is 39.7 Å². The summed E-state index contributed by atoms with van der Waals surface area (Å²) in [5, 5.41) is 3.83. The molecule has 0 N–H and O–H groups in total. The number of ether oxygens (including phenoxy) is 1. The highest BCUT2D eigenvalue weighted by Gasteiger charge is 2.23. The minimum atomic E-state index is -0.443. The molecule has 0 aliphatic carbocycles. The Morgan fingerprint density at radius 3 is 2.13 bits per heavy atom. The second-order valence-corrected chi connectivity index (χ2v) is 8.07. The Kier molecular flexibility index (Phi) is 5.55. The maximum absolute atomic E-state index is 14.2. The van der Waals surface area contributed by atoms with Crippen LogP contribution >= 0.6 is 0 Å². The summed E-state index contributed by atoms with van der Waals surface area (Å²) < 4.78 is 25.0. The zero-order valence-corrected chi connectivity index (χ0v) is 18.0. The van der Waals surface area contributed by atoms with Gasteiger partial charge >= 0.3 is 0 Å². The Hall–Kier alpha value is -3.54. The van der Waals surface area contributed by atoms with E-state index in [2.05, 4.69) is 60.2 Å². The number of pyridine rings is 1. The Labute approximate surface area is 180 Å². The second-order valence-electron chi connectivity index (χ2n) is 8.07. The highest BCUT2D eigenvalue weighted by atomic mass is 19.1. The molecule has 0 atom stereocenters. The number of hydrogen-bond acceptors (Lipinski definition) is 5. The van der Waals surface area contributed by atoms with E-state index in [1.165, 1.54) is 28.8 Å². The minimum absolute atomic E-state index is 0.00277. The van der Waals surface area contributed by atoms with Gasteiger partial charge in [0.15, 0.2) is 0 Å². The van der Waals surface area contributed by atoms with Crippen LogP contribution in [-0.4, -0.2) is 15.1 Å². The Morgan fingerprint density at radius 2 is 1.52 bits per heavy atom. The number of nitrogens with zero attached hydrogens (tertiary/aromatic N) is 3. The zero-order chi connectivity index (χ0) is 22.0. The van der Waals surface area contributed by atoms with Crippen molar-refractivity contribution in [3.8, 4) is 17.3 Å². The molecule has 2 aromatic heterocycles. The molecule has 0 saturated carbocycles. The van der Waals surface area contributed by atoms with Crippen LogP contribution in [0.5, 0.6) is 5.75 Å². The first-order chi connectivity index (χ1) is 14.8. The first-order valence-electron chi connectivity index (χ1n) is 10.1. The molecule has 4 rings (SSSR count). The molecule has 0 saturated heterocycles. The summed E-state index contributed by atoms with van der Waals surface area (Å²) in [4.78, 5) is 8.42. The molecular weight excluding hydrogens is 393 g/mol. The van der Waals surface area contributed by atoms with E-state index in [1.807, 2.05) is 24.3 Å². The normalized spacial score (nSPS) is 11.5. The highest BCUT2D eigenvalue weighted by Crippen LogP contribution is 2.32. The van der Waals surface area contributed by atoms with Crippen LogP contribution in [0, 0.1) is 19.7 Å². The second kappa shape index (κ2) is 8.30. The van der Waals surface area contributed by atoms with Crippen molar-refractivity contribution in [2.24, 2.45) is 0 Å². The summed E-state index contributed by atoms with van der Waals surface area (Å²) >= 11 is 0. The van der Waals surface area contributed by atoms with Crippen LogP contribution in [0.1, 0.15) is 42.1 Å². The number of aromatic nitrogens is 3. The minimum Gasteiger partial charge on any atom is -0.487 e. The van der Waals surface area contributed by atoms with Gasteiger partial charge in [0, 0.05) is 12.3 Å². The summed E-state index contributed by atoms with van der Waals surface area (Å²) in [6.45, 7) is 8.15. The molecule has 158 valence electrons. The van der Waals surface area contributed by atoms with Crippen LogP contribution in [-0.2, 0) is 12.0 Å². The van der Waals surface area contributed by atoms with Crippen molar-refractivity contribution in [3.63, 3.8) is 0 Å². The fourth-order valence-corrected chi connectivity index (χ4v) is 3.37. The maximum atomic E-state index is 14.2. The molecule has 0 unspecified atom stereocenters. The van der Waals surface area contributed by atoms with E-state index >= 15 is 0 Å². The summed E-state index contributed by atoms with van der Waals surface area (Å²) in [6, 6.07) is 19.3. The molecule has 4 aromatic rings. The lowest BCUT2D eigenvalue weighted by Crippen LogP contribution is -2.18. The molecule has 0 aliphatic rings. The van der Waals surface area contributed by atoms with Gasteiger partial charge < -0.3 is 9.26 Å². The molecule has 5 nitrogen and oxygen atoms in total. The van der Waals surface area contributed by atoms with Crippen molar-refractivity contribution in [2.75, 3.05) is 0 Å². The van der Waals surface area contributed by atoms with Gasteiger partial charge in [0.2, 0.25) is 11.7 Å². The number of rotatable bonds is 6. The van der Waals surface area contributed by atoms with Crippen LogP contribution in [0.3, 0.4) is 0 Å². The molecule has 0 bridgehead atoms. The number of halogens is 1. The first kappa shape index (κ1) is 20.7. The lowest BCUT2D eigenvalue weighted by molar-refractivity contribution is 0.294. The summed E-state index contributed by atoms with van der Waals surface area (Å²) in [5.74, 6) is 0.945. The third-order valence-corrected chi connectivity index (χ3v) is 5.40. The average molecular weight is 417 g/mol. The number of aryl methyl sites for hydroxylation is 2. The molecule has 0 amide bonds. The van der Waals surface area contributed by atoms with Crippen LogP contribution in [0.2, 0.25) is 0 Å². The fraction of sp³-hybridized carbons (Fsp3) is 0.240. The summed E-state index contributed by atoms with van der Waals surface area (Å²) in [6.07, 6.45) is 0. The van der Waals surface area contributed by atoms with Crippen LogP contribution in [0.25, 0.3) is 11.5 Å². The van der Waals surface area contributed by atoms with Crippen molar-refractivity contribution in [1.82, 2.24) is 15.1 Å². The molecule has 2 aromatic carbocycles. The van der Waals surface area contributed by atoms with E-state index in [4.69, 9.17) is 9.26 Å². The van der Waals surface area contributed by atoms with E-state index < -0.39 is 5.82 Å². The maximum Gasteiger partial charge on any atom is 0.223 e. The van der Waals surface area contributed by atoms with Gasteiger partial charge in [-0.3, -0.25) is 0 Å². The first-order valence-corrected chi connectivity index (χ1v) is 10.1. The third kappa shape index (κ3) is 4.48. The smallest absolute Gasteiger partial charge is 0.223 e.